The summed E-state index contributed by atoms with van der Waals surface area (Å²) in [6.07, 6.45) is 0.130. The van der Waals surface area contributed by atoms with E-state index in [0.717, 1.165) is 0 Å². The molecule has 3 heteroatoms. The molecule has 0 amide bonds. The third-order valence-corrected chi connectivity index (χ3v) is 1.61. The number of carbonyl (C=O) groups is 2. The Kier molecular flexibility index (Phi) is 4.25. The molecule has 0 aliphatic rings. The van der Waals surface area contributed by atoms with Crippen LogP contribution in [0.15, 0.2) is 0 Å². The second kappa shape index (κ2) is 4.14. The van der Waals surface area contributed by atoms with Crippen molar-refractivity contribution >= 4 is 11.6 Å². The Labute approximate surface area is 63.5 Å². The number of hydrogen-bond acceptors (Lipinski definition) is 2. The molecule has 0 saturated heterocycles. The van der Waals surface area contributed by atoms with Gasteiger partial charge < -0.3 is 0 Å². The molecule has 0 fully saturated rings. The van der Waals surface area contributed by atoms with Gasteiger partial charge in [-0.1, -0.05) is 0 Å². The fraction of sp³-hybridized carbons (Fsp3) is 0.600. The van der Waals surface area contributed by atoms with Crippen molar-refractivity contribution < 1.29 is 34.3 Å². The van der Waals surface area contributed by atoms with E-state index in [0.29, 0.717) is 4.13 Å². The van der Waals surface area contributed by atoms with E-state index in [9.17, 15) is 9.59 Å². The van der Waals surface area contributed by atoms with Crippen LogP contribution in [0, 0.1) is 0 Å². The first-order chi connectivity index (χ1) is 3.66. The van der Waals surface area contributed by atoms with Gasteiger partial charge in [-0.25, -0.2) is 0 Å². The third-order valence-electron chi connectivity index (χ3n) is 0.643. The van der Waals surface area contributed by atoms with Gasteiger partial charge in [-0.15, -0.1) is 0 Å². The predicted molar refractivity (Wildman–Crippen MR) is 25.1 cm³/mol. The summed E-state index contributed by atoms with van der Waals surface area (Å²) in [5.41, 5.74) is 0. The summed E-state index contributed by atoms with van der Waals surface area (Å²) in [5, 5.41) is 0. The fourth-order valence-electron chi connectivity index (χ4n) is 0.340. The molecule has 8 heavy (non-hydrogen) atoms. The van der Waals surface area contributed by atoms with Gasteiger partial charge in [0.15, 0.2) is 0 Å². The number of ketones is 2. The van der Waals surface area contributed by atoms with Gasteiger partial charge in [0, 0.05) is 0 Å². The van der Waals surface area contributed by atoms with E-state index in [-0.39, 0.29) is 18.0 Å². The van der Waals surface area contributed by atoms with Gasteiger partial charge in [0.05, 0.1) is 0 Å². The molecule has 0 heterocycles. The minimum atomic E-state index is -0.0302. The Hall–Kier alpha value is 0.223. The molecule has 0 aliphatic heterocycles. The molecular formula is C5H7O2Zr. The SMILES string of the molecule is CC(=O)CC(=O)[CH2][Zr]. The molecule has 0 aromatic heterocycles. The summed E-state index contributed by atoms with van der Waals surface area (Å²) >= 11 is 1.19. The molecular weight excluding hydrogens is 183 g/mol. The standard InChI is InChI=1S/C5H7O2.Zr/c1-4(6)3-5(2)7;/h1,3H2,2H3;. The van der Waals surface area contributed by atoms with Crippen LogP contribution >= 0.6 is 0 Å². The molecule has 0 aromatic carbocycles. The topological polar surface area (TPSA) is 34.1 Å². The summed E-state index contributed by atoms with van der Waals surface area (Å²) in [4.78, 5) is 20.6. The third kappa shape index (κ3) is 4.38. The molecule has 0 spiro atoms. The van der Waals surface area contributed by atoms with Crippen molar-refractivity contribution in [3.63, 3.8) is 0 Å². The Balaban J connectivity index is 3.40. The average Bonchev–Trinajstić information content (AvgIpc) is 1.65. The van der Waals surface area contributed by atoms with E-state index in [1.54, 1.807) is 0 Å². The summed E-state index contributed by atoms with van der Waals surface area (Å²) in [7, 11) is 0. The first kappa shape index (κ1) is 8.22. The minimum absolute atomic E-state index is 0.0302. The Morgan fingerprint density at radius 1 is 1.50 bits per heavy atom. The molecule has 0 atom stereocenters. The fourth-order valence-corrected chi connectivity index (χ4v) is 0.647. The zero-order valence-electron chi connectivity index (χ0n) is 4.73. The zero-order valence-corrected chi connectivity index (χ0v) is 7.19. The van der Waals surface area contributed by atoms with Crippen LogP contribution in [0.5, 0.6) is 0 Å². The molecule has 0 aromatic rings. The monoisotopic (exact) mass is 189 g/mol. The van der Waals surface area contributed by atoms with Crippen LogP contribution in [0.25, 0.3) is 0 Å². The van der Waals surface area contributed by atoms with Crippen LogP contribution in [0.2, 0.25) is 4.13 Å². The molecule has 2 nitrogen and oxygen atoms in total. The number of carbonyl (C=O) groups excluding carboxylic acids is 2. The van der Waals surface area contributed by atoms with Crippen molar-refractivity contribution in [3.05, 3.63) is 0 Å². The van der Waals surface area contributed by atoms with E-state index in [2.05, 4.69) is 0 Å². The quantitative estimate of drug-likeness (QED) is 0.607. The van der Waals surface area contributed by atoms with E-state index >= 15 is 0 Å². The van der Waals surface area contributed by atoms with Crippen molar-refractivity contribution in [1.82, 2.24) is 0 Å². The van der Waals surface area contributed by atoms with Gasteiger partial charge >= 0.3 is 63.3 Å². The Morgan fingerprint density at radius 3 is 2.12 bits per heavy atom. The van der Waals surface area contributed by atoms with Crippen molar-refractivity contribution in [3.8, 4) is 0 Å². The van der Waals surface area contributed by atoms with Gasteiger partial charge in [0.1, 0.15) is 0 Å². The summed E-state index contributed by atoms with van der Waals surface area (Å²) in [6, 6.07) is 0. The maximum absolute atomic E-state index is 10.4. The first-order valence-corrected chi connectivity index (χ1v) is 4.06. The van der Waals surface area contributed by atoms with Gasteiger partial charge in [0.25, 0.3) is 0 Å². The van der Waals surface area contributed by atoms with E-state index in [1.807, 2.05) is 0 Å². The second-order valence-corrected chi connectivity index (χ2v) is 2.46. The molecule has 0 bridgehead atoms. The van der Waals surface area contributed by atoms with Crippen molar-refractivity contribution in [2.45, 2.75) is 17.5 Å². The molecule has 0 unspecified atom stereocenters. The Bertz CT molecular complexity index is 109. The van der Waals surface area contributed by atoms with Crippen LogP contribution in [-0.4, -0.2) is 11.6 Å². The van der Waals surface area contributed by atoms with Crippen LogP contribution < -0.4 is 0 Å². The van der Waals surface area contributed by atoms with E-state index in [4.69, 9.17) is 0 Å². The zero-order chi connectivity index (χ0) is 6.57. The van der Waals surface area contributed by atoms with Gasteiger partial charge in [0.2, 0.25) is 0 Å². The molecule has 43 valence electrons. The average molecular weight is 190 g/mol. The van der Waals surface area contributed by atoms with Crippen molar-refractivity contribution in [2.24, 2.45) is 0 Å². The predicted octanol–water partition coefficient (Wildman–Crippen LogP) is 0.500. The summed E-state index contributed by atoms with van der Waals surface area (Å²) in [5.74, 6) is 0.0353. The summed E-state index contributed by atoms with van der Waals surface area (Å²) < 4.78 is 0.562. The molecule has 0 radical (unpaired) electrons. The van der Waals surface area contributed by atoms with E-state index in [1.165, 1.54) is 31.6 Å². The molecule has 0 rings (SSSR count). The number of Topliss-reactive ketones (excluding diaryl/α,β-unsaturated/α-hetero) is 2. The molecule has 0 N–H and O–H groups in total. The Morgan fingerprint density at radius 2 is 2.00 bits per heavy atom. The first-order valence-electron chi connectivity index (χ1n) is 2.32. The molecule has 0 aliphatic carbocycles. The van der Waals surface area contributed by atoms with Crippen LogP contribution in [0.3, 0.4) is 0 Å². The number of rotatable bonds is 3. The van der Waals surface area contributed by atoms with E-state index < -0.39 is 0 Å². The van der Waals surface area contributed by atoms with Crippen molar-refractivity contribution in [1.29, 1.82) is 0 Å². The molecule has 0 saturated carbocycles. The van der Waals surface area contributed by atoms with Crippen LogP contribution in [-0.2, 0) is 34.3 Å². The van der Waals surface area contributed by atoms with Crippen molar-refractivity contribution in [2.75, 3.05) is 0 Å². The van der Waals surface area contributed by atoms with Gasteiger partial charge in [-0.2, -0.15) is 0 Å². The van der Waals surface area contributed by atoms with Gasteiger partial charge in [-0.05, 0) is 0 Å². The summed E-state index contributed by atoms with van der Waals surface area (Å²) in [6.45, 7) is 1.43. The second-order valence-electron chi connectivity index (χ2n) is 1.59. The number of hydrogen-bond donors (Lipinski definition) is 0. The maximum atomic E-state index is 10.4. The van der Waals surface area contributed by atoms with Gasteiger partial charge in [-0.3, -0.25) is 0 Å². The van der Waals surface area contributed by atoms with Crippen LogP contribution in [0.4, 0.5) is 0 Å². The normalized spacial score (nSPS) is 8.50. The van der Waals surface area contributed by atoms with Crippen LogP contribution in [0.1, 0.15) is 13.3 Å².